The molecule has 0 spiro atoms. The van der Waals surface area contributed by atoms with E-state index in [9.17, 15) is 14.7 Å². The second-order valence-corrected chi connectivity index (χ2v) is 6.38. The number of urea groups is 1. The Bertz CT molecular complexity index is 882. The summed E-state index contributed by atoms with van der Waals surface area (Å²) in [6, 6.07) is 10.1. The zero-order chi connectivity index (χ0) is 18.1. The Hall–Kier alpha value is -2.79. The molecule has 3 rings (SSSR count). The molecular weight excluding hydrogens is 340 g/mol. The molecule has 0 unspecified atom stereocenters. The SMILES string of the molecule is Cc1cc(C=C2NC(=O)N(Cc3ccccc3Cl)C2=O)cc(C)c1O. The molecule has 5 nitrogen and oxygen atoms in total. The quantitative estimate of drug-likeness (QED) is 0.650. The minimum atomic E-state index is -0.483. The standard InChI is InChI=1S/C19H17ClN2O3/c1-11-7-13(8-12(2)17(11)23)9-16-18(24)22(19(25)21-16)10-14-5-3-4-6-15(14)20/h3-9,23H,10H2,1-2H3,(H,21,25). The molecule has 1 heterocycles. The van der Waals surface area contributed by atoms with Gasteiger partial charge in [-0.1, -0.05) is 29.8 Å². The summed E-state index contributed by atoms with van der Waals surface area (Å²) in [6.45, 7) is 3.67. The first-order valence-electron chi connectivity index (χ1n) is 7.75. The molecule has 2 N–H and O–H groups in total. The highest BCUT2D eigenvalue weighted by molar-refractivity contribution is 6.31. The Morgan fingerprint density at radius 2 is 1.80 bits per heavy atom. The van der Waals surface area contributed by atoms with E-state index in [0.29, 0.717) is 21.7 Å². The lowest BCUT2D eigenvalue weighted by Crippen LogP contribution is -2.30. The molecule has 1 saturated heterocycles. The van der Waals surface area contributed by atoms with Crippen LogP contribution >= 0.6 is 11.6 Å². The molecule has 0 aliphatic carbocycles. The van der Waals surface area contributed by atoms with Crippen molar-refractivity contribution in [3.05, 3.63) is 69.4 Å². The number of phenolic OH excluding ortho intramolecular Hbond substituents is 1. The molecule has 1 aliphatic rings. The van der Waals surface area contributed by atoms with Gasteiger partial charge in [0.2, 0.25) is 0 Å². The van der Waals surface area contributed by atoms with E-state index in [0.717, 1.165) is 10.5 Å². The van der Waals surface area contributed by atoms with Crippen LogP contribution in [0.4, 0.5) is 4.79 Å². The Morgan fingerprint density at radius 3 is 2.44 bits per heavy atom. The smallest absolute Gasteiger partial charge is 0.329 e. The first-order chi connectivity index (χ1) is 11.9. The van der Waals surface area contributed by atoms with Crippen molar-refractivity contribution in [2.24, 2.45) is 0 Å². The number of benzene rings is 2. The Kier molecular flexibility index (Phi) is 4.51. The van der Waals surface area contributed by atoms with Gasteiger partial charge in [0.05, 0.1) is 6.54 Å². The number of aromatic hydroxyl groups is 1. The number of hydrogen-bond donors (Lipinski definition) is 2. The van der Waals surface area contributed by atoms with Crippen LogP contribution in [0.3, 0.4) is 0 Å². The minimum absolute atomic E-state index is 0.106. The fourth-order valence-electron chi connectivity index (χ4n) is 2.75. The van der Waals surface area contributed by atoms with Gasteiger partial charge in [0, 0.05) is 5.02 Å². The third kappa shape index (κ3) is 3.37. The van der Waals surface area contributed by atoms with Crippen LogP contribution in [0.1, 0.15) is 22.3 Å². The van der Waals surface area contributed by atoms with Gasteiger partial charge >= 0.3 is 6.03 Å². The lowest BCUT2D eigenvalue weighted by molar-refractivity contribution is -0.123. The van der Waals surface area contributed by atoms with Crippen molar-refractivity contribution < 1.29 is 14.7 Å². The van der Waals surface area contributed by atoms with Crippen LogP contribution < -0.4 is 5.32 Å². The monoisotopic (exact) mass is 356 g/mol. The molecular formula is C19H17ClN2O3. The summed E-state index contributed by atoms with van der Waals surface area (Å²) in [7, 11) is 0. The van der Waals surface area contributed by atoms with Crippen molar-refractivity contribution in [2.75, 3.05) is 0 Å². The summed E-state index contributed by atoms with van der Waals surface area (Å²) in [4.78, 5) is 25.8. The number of amides is 3. The van der Waals surface area contributed by atoms with Crippen molar-refractivity contribution in [1.29, 1.82) is 0 Å². The zero-order valence-electron chi connectivity index (χ0n) is 13.8. The Balaban J connectivity index is 1.87. The Labute approximate surface area is 150 Å². The van der Waals surface area contributed by atoms with Gasteiger partial charge in [-0.15, -0.1) is 0 Å². The number of nitrogens with zero attached hydrogens (tertiary/aromatic N) is 1. The number of imide groups is 1. The van der Waals surface area contributed by atoms with Crippen LogP contribution in [-0.4, -0.2) is 21.9 Å². The van der Waals surface area contributed by atoms with Crippen LogP contribution in [0.2, 0.25) is 5.02 Å². The van der Waals surface area contributed by atoms with Crippen LogP contribution in [0.25, 0.3) is 6.08 Å². The van der Waals surface area contributed by atoms with Gasteiger partial charge in [-0.2, -0.15) is 0 Å². The Morgan fingerprint density at radius 1 is 1.16 bits per heavy atom. The largest absolute Gasteiger partial charge is 0.507 e. The number of nitrogens with one attached hydrogen (secondary N) is 1. The summed E-state index contributed by atoms with van der Waals surface area (Å²) in [5.74, 6) is -0.183. The van der Waals surface area contributed by atoms with E-state index in [2.05, 4.69) is 5.32 Å². The van der Waals surface area contributed by atoms with Crippen molar-refractivity contribution in [3.63, 3.8) is 0 Å². The predicted molar refractivity (Wildman–Crippen MR) is 96.1 cm³/mol. The highest BCUT2D eigenvalue weighted by Crippen LogP contribution is 2.25. The maximum absolute atomic E-state index is 12.6. The van der Waals surface area contributed by atoms with Gasteiger partial charge in [-0.05, 0) is 60.4 Å². The van der Waals surface area contributed by atoms with Crippen LogP contribution in [0.5, 0.6) is 5.75 Å². The third-order valence-corrected chi connectivity index (χ3v) is 4.44. The minimum Gasteiger partial charge on any atom is -0.507 e. The van der Waals surface area contributed by atoms with Gasteiger partial charge in [0.25, 0.3) is 5.91 Å². The van der Waals surface area contributed by atoms with Gasteiger partial charge in [0.1, 0.15) is 11.4 Å². The molecule has 3 amide bonds. The van der Waals surface area contributed by atoms with E-state index < -0.39 is 11.9 Å². The fraction of sp³-hybridized carbons (Fsp3) is 0.158. The maximum Gasteiger partial charge on any atom is 0.329 e. The average Bonchev–Trinajstić information content (AvgIpc) is 2.82. The molecule has 6 heteroatoms. The van der Waals surface area contributed by atoms with Gasteiger partial charge < -0.3 is 10.4 Å². The second-order valence-electron chi connectivity index (χ2n) is 5.97. The average molecular weight is 357 g/mol. The van der Waals surface area contributed by atoms with Crippen molar-refractivity contribution in [2.45, 2.75) is 20.4 Å². The van der Waals surface area contributed by atoms with E-state index in [4.69, 9.17) is 11.6 Å². The van der Waals surface area contributed by atoms with Gasteiger partial charge in [-0.3, -0.25) is 9.69 Å². The fourth-order valence-corrected chi connectivity index (χ4v) is 2.95. The number of phenols is 1. The molecule has 0 bridgehead atoms. The van der Waals surface area contributed by atoms with E-state index in [1.165, 1.54) is 0 Å². The summed E-state index contributed by atoms with van der Waals surface area (Å²) >= 11 is 6.11. The van der Waals surface area contributed by atoms with Gasteiger partial charge in [0.15, 0.2) is 0 Å². The highest BCUT2D eigenvalue weighted by atomic mass is 35.5. The molecule has 0 aromatic heterocycles. The van der Waals surface area contributed by atoms with Crippen LogP contribution in [0, 0.1) is 13.8 Å². The van der Waals surface area contributed by atoms with Gasteiger partial charge in [-0.25, -0.2) is 4.79 Å². The zero-order valence-corrected chi connectivity index (χ0v) is 14.6. The molecule has 1 fully saturated rings. The molecule has 1 aliphatic heterocycles. The number of hydrogen-bond acceptors (Lipinski definition) is 3. The van der Waals surface area contributed by atoms with E-state index in [-0.39, 0.29) is 18.0 Å². The maximum atomic E-state index is 12.6. The van der Waals surface area contributed by atoms with E-state index in [1.807, 2.05) is 0 Å². The number of aryl methyl sites for hydroxylation is 2. The first-order valence-corrected chi connectivity index (χ1v) is 8.13. The normalized spacial score (nSPS) is 15.8. The topological polar surface area (TPSA) is 69.6 Å². The molecule has 25 heavy (non-hydrogen) atoms. The molecule has 2 aromatic carbocycles. The third-order valence-electron chi connectivity index (χ3n) is 4.07. The number of halogens is 1. The van der Waals surface area contributed by atoms with E-state index >= 15 is 0 Å². The second kappa shape index (κ2) is 6.61. The number of rotatable bonds is 3. The molecule has 0 radical (unpaired) electrons. The highest BCUT2D eigenvalue weighted by Gasteiger charge is 2.33. The summed E-state index contributed by atoms with van der Waals surface area (Å²) in [5, 5.41) is 12.9. The van der Waals surface area contributed by atoms with Crippen LogP contribution in [-0.2, 0) is 11.3 Å². The van der Waals surface area contributed by atoms with Crippen molar-refractivity contribution >= 4 is 29.6 Å². The van der Waals surface area contributed by atoms with Crippen molar-refractivity contribution in [1.82, 2.24) is 10.2 Å². The first kappa shape index (κ1) is 17.0. The van der Waals surface area contributed by atoms with Crippen LogP contribution in [0.15, 0.2) is 42.1 Å². The summed E-state index contributed by atoms with van der Waals surface area (Å²) < 4.78 is 0. The van der Waals surface area contributed by atoms with Crippen molar-refractivity contribution in [3.8, 4) is 5.75 Å². The molecule has 128 valence electrons. The number of carbonyl (C=O) groups is 2. The lowest BCUT2D eigenvalue weighted by atomic mass is 10.0. The van der Waals surface area contributed by atoms with E-state index in [1.54, 1.807) is 56.3 Å². The molecule has 2 aromatic rings. The molecule has 0 atom stereocenters. The predicted octanol–water partition coefficient (Wildman–Crippen LogP) is 3.76. The summed E-state index contributed by atoms with van der Waals surface area (Å²) in [6.07, 6.45) is 1.60. The lowest BCUT2D eigenvalue weighted by Gasteiger charge is -2.12. The summed E-state index contributed by atoms with van der Waals surface area (Å²) in [5.41, 5.74) is 3.04. The number of carbonyl (C=O) groups excluding carboxylic acids is 2. The molecule has 0 saturated carbocycles.